The topological polar surface area (TPSA) is 42.1 Å². The van der Waals surface area contributed by atoms with E-state index in [0.29, 0.717) is 5.13 Å². The number of halogens is 1. The summed E-state index contributed by atoms with van der Waals surface area (Å²) in [6.45, 7) is 7.99. The van der Waals surface area contributed by atoms with Crippen molar-refractivity contribution in [2.24, 2.45) is 0 Å². The van der Waals surface area contributed by atoms with Crippen LogP contribution in [0.25, 0.3) is 11.3 Å². The van der Waals surface area contributed by atoms with E-state index in [9.17, 15) is 0 Å². The molecular weight excluding hydrogens is 382 g/mol. The Labute approximate surface area is 158 Å². The lowest BCUT2D eigenvalue weighted by Crippen LogP contribution is -2.28. The summed E-state index contributed by atoms with van der Waals surface area (Å²) in [6.07, 6.45) is 6.07. The molecule has 0 saturated heterocycles. The Bertz CT molecular complexity index is 602. The summed E-state index contributed by atoms with van der Waals surface area (Å²) in [6, 6.07) is 8.33. The predicted molar refractivity (Wildman–Crippen MR) is 110 cm³/mol. The molecule has 0 aliphatic carbocycles. The minimum atomic E-state index is 0.664. The van der Waals surface area contributed by atoms with E-state index in [0.717, 1.165) is 28.7 Å². The molecular formula is C19H28BrN3S. The fraction of sp³-hybridized carbons (Fsp3) is 0.526. The predicted octanol–water partition coefficient (Wildman–Crippen LogP) is 5.60. The second-order valence-electron chi connectivity index (χ2n) is 6.13. The number of nitrogens with zero attached hydrogens (tertiary/aromatic N) is 2. The van der Waals surface area contributed by atoms with E-state index >= 15 is 0 Å². The minimum Gasteiger partial charge on any atom is -0.375 e. The molecule has 132 valence electrons. The van der Waals surface area contributed by atoms with Crippen LogP contribution in [0.4, 0.5) is 5.13 Å². The number of nitrogens with two attached hydrogens (primary N) is 1. The lowest BCUT2D eigenvalue weighted by Gasteiger charge is -2.21. The van der Waals surface area contributed by atoms with Crippen LogP contribution < -0.4 is 5.73 Å². The average molecular weight is 410 g/mol. The Morgan fingerprint density at radius 1 is 1.04 bits per heavy atom. The van der Waals surface area contributed by atoms with Gasteiger partial charge in [-0.25, -0.2) is 4.98 Å². The van der Waals surface area contributed by atoms with Gasteiger partial charge in [-0.05, 0) is 44.5 Å². The van der Waals surface area contributed by atoms with Crippen molar-refractivity contribution in [3.63, 3.8) is 0 Å². The van der Waals surface area contributed by atoms with Gasteiger partial charge < -0.3 is 10.6 Å². The summed E-state index contributed by atoms with van der Waals surface area (Å²) in [4.78, 5) is 8.47. The number of thiazole rings is 1. The second-order valence-corrected chi connectivity index (χ2v) is 8.16. The number of hydrogen-bond acceptors (Lipinski definition) is 4. The summed E-state index contributed by atoms with van der Waals surface area (Å²) in [5, 5.41) is 0.664. The van der Waals surface area contributed by atoms with E-state index in [1.165, 1.54) is 43.6 Å². The zero-order valence-electron chi connectivity index (χ0n) is 14.7. The maximum atomic E-state index is 6.00. The zero-order valence-corrected chi connectivity index (χ0v) is 17.1. The molecule has 1 aromatic heterocycles. The van der Waals surface area contributed by atoms with Gasteiger partial charge in [0.15, 0.2) is 5.13 Å². The van der Waals surface area contributed by atoms with Crippen molar-refractivity contribution < 1.29 is 0 Å². The fourth-order valence-electron chi connectivity index (χ4n) is 2.73. The van der Waals surface area contributed by atoms with Gasteiger partial charge in [0.05, 0.1) is 5.69 Å². The molecule has 0 saturated carbocycles. The quantitative estimate of drug-likeness (QED) is 0.554. The van der Waals surface area contributed by atoms with Crippen molar-refractivity contribution in [1.82, 2.24) is 9.88 Å². The molecule has 0 spiro atoms. The molecule has 2 N–H and O–H groups in total. The highest BCUT2D eigenvalue weighted by Gasteiger charge is 2.13. The fourth-order valence-corrected chi connectivity index (χ4v) is 3.84. The minimum absolute atomic E-state index is 0.664. The van der Waals surface area contributed by atoms with E-state index in [2.05, 4.69) is 63.9 Å². The Hall–Kier alpha value is -0.910. The lowest BCUT2D eigenvalue weighted by molar-refractivity contribution is 0.269. The van der Waals surface area contributed by atoms with Crippen molar-refractivity contribution in [3.8, 4) is 11.3 Å². The smallest absolute Gasteiger partial charge is 0.180 e. The van der Waals surface area contributed by atoms with Gasteiger partial charge in [0.2, 0.25) is 0 Å². The number of nitrogen functional groups attached to an aromatic ring is 1. The summed E-state index contributed by atoms with van der Waals surface area (Å²) >= 11 is 5.12. The third-order valence-electron chi connectivity index (χ3n) is 4.14. The maximum Gasteiger partial charge on any atom is 0.180 e. The number of unbranched alkanes of at least 4 members (excludes halogenated alkanes) is 2. The highest BCUT2D eigenvalue weighted by Crippen LogP contribution is 2.31. The first-order valence-corrected chi connectivity index (χ1v) is 10.5. The molecule has 0 amide bonds. The second kappa shape index (κ2) is 10.2. The normalized spacial score (nSPS) is 11.3. The summed E-state index contributed by atoms with van der Waals surface area (Å²) in [5.41, 5.74) is 8.20. The van der Waals surface area contributed by atoms with E-state index in [-0.39, 0.29) is 0 Å². The molecule has 0 fully saturated rings. The van der Waals surface area contributed by atoms with Gasteiger partial charge in [-0.15, -0.1) is 11.3 Å². The van der Waals surface area contributed by atoms with Crippen molar-refractivity contribution >= 4 is 32.4 Å². The Balaban J connectivity index is 2.06. The van der Waals surface area contributed by atoms with Gasteiger partial charge >= 0.3 is 0 Å². The van der Waals surface area contributed by atoms with Crippen molar-refractivity contribution in [3.05, 3.63) is 33.6 Å². The number of benzene rings is 1. The first-order chi connectivity index (χ1) is 11.6. The van der Waals surface area contributed by atoms with Crippen LogP contribution in [0.1, 0.15) is 44.4 Å². The van der Waals surface area contributed by atoms with Crippen LogP contribution in [-0.2, 0) is 6.42 Å². The maximum absolute atomic E-state index is 6.00. The van der Waals surface area contributed by atoms with Crippen LogP contribution >= 0.6 is 27.3 Å². The van der Waals surface area contributed by atoms with Crippen LogP contribution in [0.2, 0.25) is 0 Å². The Morgan fingerprint density at radius 2 is 1.67 bits per heavy atom. The molecule has 5 heteroatoms. The SMILES string of the molecule is CCCCN(CCCC)CCc1sc(N)nc1-c1ccc(Br)cc1. The number of rotatable bonds is 10. The van der Waals surface area contributed by atoms with E-state index < -0.39 is 0 Å². The number of aromatic nitrogens is 1. The van der Waals surface area contributed by atoms with E-state index in [1.807, 2.05) is 0 Å². The lowest BCUT2D eigenvalue weighted by atomic mass is 10.1. The molecule has 0 radical (unpaired) electrons. The molecule has 24 heavy (non-hydrogen) atoms. The third kappa shape index (κ3) is 5.87. The number of hydrogen-bond donors (Lipinski definition) is 1. The van der Waals surface area contributed by atoms with Crippen molar-refractivity contribution in [1.29, 1.82) is 0 Å². The van der Waals surface area contributed by atoms with Crippen LogP contribution in [0.3, 0.4) is 0 Å². The van der Waals surface area contributed by atoms with Gasteiger partial charge in [-0.3, -0.25) is 0 Å². The molecule has 2 rings (SSSR count). The summed E-state index contributed by atoms with van der Waals surface area (Å²) < 4.78 is 1.08. The molecule has 0 aliphatic rings. The van der Waals surface area contributed by atoms with Crippen LogP contribution in [-0.4, -0.2) is 29.5 Å². The molecule has 2 aromatic rings. The third-order valence-corrected chi connectivity index (χ3v) is 5.62. The van der Waals surface area contributed by atoms with Gasteiger partial charge in [0, 0.05) is 21.5 Å². The van der Waals surface area contributed by atoms with Crippen LogP contribution in [0.15, 0.2) is 28.7 Å². The first-order valence-electron chi connectivity index (χ1n) is 8.87. The van der Waals surface area contributed by atoms with Crippen LogP contribution in [0.5, 0.6) is 0 Å². The van der Waals surface area contributed by atoms with Crippen molar-refractivity contribution in [2.45, 2.75) is 46.0 Å². The van der Waals surface area contributed by atoms with Gasteiger partial charge in [0.1, 0.15) is 0 Å². The van der Waals surface area contributed by atoms with Crippen molar-refractivity contribution in [2.75, 3.05) is 25.4 Å². The molecule has 1 aromatic carbocycles. The standard InChI is InChI=1S/C19H28BrN3S/c1-3-5-12-23(13-6-4-2)14-11-17-18(22-19(21)24-17)15-7-9-16(20)10-8-15/h7-10H,3-6,11-14H2,1-2H3,(H2,21,22). The van der Waals surface area contributed by atoms with Gasteiger partial charge in [-0.2, -0.15) is 0 Å². The van der Waals surface area contributed by atoms with E-state index in [4.69, 9.17) is 5.73 Å². The average Bonchev–Trinajstić information content (AvgIpc) is 2.95. The summed E-state index contributed by atoms with van der Waals surface area (Å²) in [7, 11) is 0. The summed E-state index contributed by atoms with van der Waals surface area (Å²) in [5.74, 6) is 0. The molecule has 0 bridgehead atoms. The highest BCUT2D eigenvalue weighted by molar-refractivity contribution is 9.10. The number of anilines is 1. The first kappa shape index (κ1) is 19.4. The van der Waals surface area contributed by atoms with E-state index in [1.54, 1.807) is 11.3 Å². The zero-order chi connectivity index (χ0) is 17.4. The highest BCUT2D eigenvalue weighted by atomic mass is 79.9. The Kier molecular flexibility index (Phi) is 8.22. The van der Waals surface area contributed by atoms with Crippen LogP contribution in [0, 0.1) is 0 Å². The molecule has 1 heterocycles. The largest absolute Gasteiger partial charge is 0.375 e. The Morgan fingerprint density at radius 3 is 2.25 bits per heavy atom. The molecule has 3 nitrogen and oxygen atoms in total. The van der Waals surface area contributed by atoms with Gasteiger partial charge in [-0.1, -0.05) is 54.8 Å². The molecule has 0 atom stereocenters. The van der Waals surface area contributed by atoms with Gasteiger partial charge in [0.25, 0.3) is 0 Å². The monoisotopic (exact) mass is 409 g/mol. The molecule has 0 unspecified atom stereocenters. The molecule has 0 aliphatic heterocycles.